The molecule has 11 heavy (non-hydrogen) atoms. The minimum Gasteiger partial charge on any atom is -0.316 e. The fourth-order valence-corrected chi connectivity index (χ4v) is 1.05. The molecule has 2 rings (SSSR count). The number of rotatable bonds is 0. The van der Waals surface area contributed by atoms with Crippen LogP contribution in [0.3, 0.4) is 0 Å². The molecule has 1 aromatic rings. The molecule has 0 unspecified atom stereocenters. The molecule has 0 radical (unpaired) electrons. The molecule has 0 saturated carbocycles. The van der Waals surface area contributed by atoms with Crippen molar-refractivity contribution in [3.8, 4) is 0 Å². The van der Waals surface area contributed by atoms with Crippen molar-refractivity contribution in [1.29, 1.82) is 0 Å². The van der Waals surface area contributed by atoms with E-state index in [0.717, 1.165) is 0 Å². The van der Waals surface area contributed by atoms with Crippen molar-refractivity contribution in [2.75, 3.05) is 12.0 Å². The average molecular weight is 152 g/mol. The lowest BCUT2D eigenvalue weighted by Crippen LogP contribution is -2.31. The van der Waals surface area contributed by atoms with Crippen LogP contribution in [0.1, 0.15) is 5.82 Å². The standard InChI is InChI=1S/C6H8N4O/c1-9-6(11)10-5(8-9)3-2-4-7-10/h2-3,7H,4H2,1H3. The molecule has 58 valence electrons. The zero-order valence-corrected chi connectivity index (χ0v) is 6.11. The second-order valence-electron chi connectivity index (χ2n) is 2.36. The maximum atomic E-state index is 11.2. The lowest BCUT2D eigenvalue weighted by molar-refractivity contribution is 0.714. The zero-order chi connectivity index (χ0) is 7.84. The van der Waals surface area contributed by atoms with Gasteiger partial charge in [-0.1, -0.05) is 6.08 Å². The first kappa shape index (κ1) is 6.21. The van der Waals surface area contributed by atoms with Crippen molar-refractivity contribution in [2.45, 2.75) is 0 Å². The highest BCUT2D eigenvalue weighted by molar-refractivity contribution is 5.42. The first-order valence-electron chi connectivity index (χ1n) is 3.35. The van der Waals surface area contributed by atoms with Crippen LogP contribution in [0.25, 0.3) is 6.08 Å². The fraction of sp³-hybridized carbons (Fsp3) is 0.333. The molecule has 1 N–H and O–H groups in total. The highest BCUT2D eigenvalue weighted by Gasteiger charge is 2.09. The number of nitrogens with one attached hydrogen (secondary N) is 1. The normalized spacial score (nSPS) is 14.3. The van der Waals surface area contributed by atoms with E-state index in [2.05, 4.69) is 10.5 Å². The maximum Gasteiger partial charge on any atom is 0.364 e. The van der Waals surface area contributed by atoms with E-state index in [-0.39, 0.29) is 5.69 Å². The van der Waals surface area contributed by atoms with E-state index in [0.29, 0.717) is 12.4 Å². The molecule has 0 atom stereocenters. The smallest absolute Gasteiger partial charge is 0.316 e. The highest BCUT2D eigenvalue weighted by Crippen LogP contribution is 1.96. The molecule has 1 aliphatic rings. The summed E-state index contributed by atoms with van der Waals surface area (Å²) >= 11 is 0. The van der Waals surface area contributed by atoms with Crippen LogP contribution in [-0.2, 0) is 7.05 Å². The summed E-state index contributed by atoms with van der Waals surface area (Å²) in [4.78, 5) is 11.2. The van der Waals surface area contributed by atoms with Crippen molar-refractivity contribution in [2.24, 2.45) is 7.05 Å². The van der Waals surface area contributed by atoms with Crippen molar-refractivity contribution >= 4 is 6.08 Å². The Hall–Kier alpha value is -1.52. The third-order valence-electron chi connectivity index (χ3n) is 1.58. The second-order valence-corrected chi connectivity index (χ2v) is 2.36. The summed E-state index contributed by atoms with van der Waals surface area (Å²) in [6.07, 6.45) is 3.74. The van der Waals surface area contributed by atoms with E-state index < -0.39 is 0 Å². The molecule has 2 heterocycles. The molecule has 0 amide bonds. The summed E-state index contributed by atoms with van der Waals surface area (Å²) in [5.74, 6) is 0.656. The van der Waals surface area contributed by atoms with Crippen LogP contribution in [0.5, 0.6) is 0 Å². The van der Waals surface area contributed by atoms with Crippen LogP contribution in [0.2, 0.25) is 0 Å². The molecule has 5 heteroatoms. The summed E-state index contributed by atoms with van der Waals surface area (Å²) < 4.78 is 2.73. The van der Waals surface area contributed by atoms with Gasteiger partial charge in [0, 0.05) is 7.05 Å². The monoisotopic (exact) mass is 152 g/mol. The van der Waals surface area contributed by atoms with E-state index in [1.54, 1.807) is 7.05 Å². The van der Waals surface area contributed by atoms with Crippen molar-refractivity contribution in [1.82, 2.24) is 14.5 Å². The van der Waals surface area contributed by atoms with Gasteiger partial charge in [-0.25, -0.2) is 9.48 Å². The summed E-state index contributed by atoms with van der Waals surface area (Å²) in [5, 5.41) is 3.97. The fourth-order valence-electron chi connectivity index (χ4n) is 1.05. The second kappa shape index (κ2) is 1.98. The minimum absolute atomic E-state index is 0.135. The van der Waals surface area contributed by atoms with E-state index in [4.69, 9.17) is 0 Å². The average Bonchev–Trinajstić information content (AvgIpc) is 2.30. The summed E-state index contributed by atoms with van der Waals surface area (Å²) in [5.41, 5.74) is 2.75. The molecule has 0 aromatic carbocycles. The highest BCUT2D eigenvalue weighted by atomic mass is 16.2. The Morgan fingerprint density at radius 3 is 3.27 bits per heavy atom. The predicted molar refractivity (Wildman–Crippen MR) is 40.7 cm³/mol. The number of hydrogen-bond donors (Lipinski definition) is 1. The van der Waals surface area contributed by atoms with Gasteiger partial charge in [0.15, 0.2) is 5.82 Å². The number of aryl methyl sites for hydroxylation is 1. The summed E-state index contributed by atoms with van der Waals surface area (Å²) in [6, 6.07) is 0. The number of fused-ring (bicyclic) bond motifs is 1. The van der Waals surface area contributed by atoms with Gasteiger partial charge in [0.2, 0.25) is 0 Å². The molecule has 0 bridgehead atoms. The quantitative estimate of drug-likeness (QED) is 0.527. The zero-order valence-electron chi connectivity index (χ0n) is 6.11. The minimum atomic E-state index is -0.135. The van der Waals surface area contributed by atoms with E-state index in [1.165, 1.54) is 9.36 Å². The Labute approximate surface area is 62.9 Å². The van der Waals surface area contributed by atoms with Crippen LogP contribution in [-0.4, -0.2) is 21.0 Å². The molecule has 0 spiro atoms. The van der Waals surface area contributed by atoms with E-state index >= 15 is 0 Å². The third kappa shape index (κ3) is 0.772. The van der Waals surface area contributed by atoms with Gasteiger partial charge in [-0.2, -0.15) is 4.68 Å². The lowest BCUT2D eigenvalue weighted by Gasteiger charge is -2.07. The Morgan fingerprint density at radius 2 is 2.55 bits per heavy atom. The SMILES string of the molecule is Cn1nc2n(c1=O)NCC=C2. The molecule has 1 aromatic heterocycles. The molecular formula is C6H8N4O. The van der Waals surface area contributed by atoms with Gasteiger partial charge in [0.1, 0.15) is 0 Å². The van der Waals surface area contributed by atoms with Crippen LogP contribution < -0.4 is 11.1 Å². The third-order valence-corrected chi connectivity index (χ3v) is 1.58. The van der Waals surface area contributed by atoms with Gasteiger partial charge < -0.3 is 5.43 Å². The van der Waals surface area contributed by atoms with E-state index in [9.17, 15) is 4.79 Å². The number of hydrogen-bond acceptors (Lipinski definition) is 3. The van der Waals surface area contributed by atoms with Gasteiger partial charge in [-0.3, -0.25) is 0 Å². The van der Waals surface area contributed by atoms with Gasteiger partial charge in [-0.05, 0) is 6.08 Å². The Kier molecular flexibility index (Phi) is 1.12. The molecule has 5 nitrogen and oxygen atoms in total. The molecular weight excluding hydrogens is 144 g/mol. The van der Waals surface area contributed by atoms with Crippen molar-refractivity contribution in [3.63, 3.8) is 0 Å². The Balaban J connectivity index is 2.70. The van der Waals surface area contributed by atoms with Gasteiger partial charge >= 0.3 is 5.69 Å². The van der Waals surface area contributed by atoms with Gasteiger partial charge in [0.05, 0.1) is 6.54 Å². The lowest BCUT2D eigenvalue weighted by atomic mass is 10.4. The van der Waals surface area contributed by atoms with Gasteiger partial charge in [-0.15, -0.1) is 5.10 Å². The Morgan fingerprint density at radius 1 is 1.73 bits per heavy atom. The topological polar surface area (TPSA) is 51.9 Å². The maximum absolute atomic E-state index is 11.2. The summed E-state index contributed by atoms with van der Waals surface area (Å²) in [6.45, 7) is 0.679. The molecule has 0 aliphatic carbocycles. The van der Waals surface area contributed by atoms with Crippen molar-refractivity contribution < 1.29 is 0 Å². The van der Waals surface area contributed by atoms with Crippen LogP contribution in [0.15, 0.2) is 10.9 Å². The largest absolute Gasteiger partial charge is 0.364 e. The summed E-state index contributed by atoms with van der Waals surface area (Å²) in [7, 11) is 1.63. The van der Waals surface area contributed by atoms with Crippen LogP contribution in [0.4, 0.5) is 0 Å². The molecule has 0 saturated heterocycles. The van der Waals surface area contributed by atoms with Crippen LogP contribution >= 0.6 is 0 Å². The van der Waals surface area contributed by atoms with Crippen molar-refractivity contribution in [3.05, 3.63) is 22.4 Å². The first-order valence-corrected chi connectivity index (χ1v) is 3.35. The number of aromatic nitrogens is 3. The van der Waals surface area contributed by atoms with E-state index in [1.807, 2.05) is 12.2 Å². The molecule has 1 aliphatic heterocycles. The Bertz CT molecular complexity index is 359. The first-order chi connectivity index (χ1) is 5.29. The van der Waals surface area contributed by atoms with Gasteiger partial charge in [0.25, 0.3) is 0 Å². The predicted octanol–water partition coefficient (Wildman–Crippen LogP) is -0.848. The molecule has 0 fully saturated rings. The van der Waals surface area contributed by atoms with Crippen LogP contribution in [0, 0.1) is 0 Å². The number of nitrogens with zero attached hydrogens (tertiary/aromatic N) is 3.